The summed E-state index contributed by atoms with van der Waals surface area (Å²) in [4.78, 5) is 7.79. The first-order valence-corrected chi connectivity index (χ1v) is 8.16. The third kappa shape index (κ3) is 1.94. The minimum Gasteiger partial charge on any atom is -0.504 e. The lowest BCUT2D eigenvalue weighted by Gasteiger charge is -2.08. The molecule has 1 N–H and O–H groups in total. The van der Waals surface area contributed by atoms with Gasteiger partial charge in [-0.05, 0) is 18.2 Å². The van der Waals surface area contributed by atoms with Crippen LogP contribution in [0.1, 0.15) is 0 Å². The second kappa shape index (κ2) is 4.69. The van der Waals surface area contributed by atoms with Crippen LogP contribution in [0.25, 0.3) is 10.9 Å². The fourth-order valence-electron chi connectivity index (χ4n) is 1.83. The second-order valence-corrected chi connectivity index (χ2v) is 7.30. The van der Waals surface area contributed by atoms with Gasteiger partial charge in [-0.15, -0.1) is 11.3 Å². The van der Waals surface area contributed by atoms with Gasteiger partial charge in [-0.1, -0.05) is 11.6 Å². The predicted molar refractivity (Wildman–Crippen MR) is 76.0 cm³/mol. The molecule has 0 fully saturated rings. The average molecular weight is 327 g/mol. The van der Waals surface area contributed by atoms with Crippen molar-refractivity contribution in [1.29, 1.82) is 0 Å². The van der Waals surface area contributed by atoms with Gasteiger partial charge in [0.25, 0.3) is 0 Å². The molecule has 0 radical (unpaired) electrons. The highest BCUT2D eigenvalue weighted by molar-refractivity contribution is 7.93. The van der Waals surface area contributed by atoms with Crippen molar-refractivity contribution in [2.75, 3.05) is 0 Å². The Balaban J connectivity index is 2.41. The first-order chi connectivity index (χ1) is 9.51. The lowest BCUT2D eigenvalue weighted by atomic mass is 10.2. The van der Waals surface area contributed by atoms with E-state index in [1.165, 1.54) is 18.5 Å². The number of rotatable bonds is 2. The van der Waals surface area contributed by atoms with Gasteiger partial charge in [0.2, 0.25) is 14.2 Å². The van der Waals surface area contributed by atoms with E-state index >= 15 is 0 Å². The molecule has 8 heteroatoms. The van der Waals surface area contributed by atoms with E-state index in [9.17, 15) is 13.5 Å². The summed E-state index contributed by atoms with van der Waals surface area (Å²) in [5, 5.41) is 11.7. The zero-order valence-corrected chi connectivity index (χ0v) is 12.2. The molecular weight excluding hydrogens is 320 g/mol. The second-order valence-electron chi connectivity index (χ2n) is 3.91. The summed E-state index contributed by atoms with van der Waals surface area (Å²) in [6.07, 6.45) is 2.87. The molecule has 2 heterocycles. The number of hydrogen-bond donors (Lipinski definition) is 1. The van der Waals surface area contributed by atoms with Crippen molar-refractivity contribution in [3.05, 3.63) is 41.0 Å². The number of fused-ring (bicyclic) bond motifs is 1. The molecule has 0 saturated carbocycles. The number of nitrogens with zero attached hydrogens (tertiary/aromatic N) is 2. The minimum atomic E-state index is -3.79. The van der Waals surface area contributed by atoms with Gasteiger partial charge in [0.1, 0.15) is 5.52 Å². The summed E-state index contributed by atoms with van der Waals surface area (Å²) in [6.45, 7) is 0. The Morgan fingerprint density at radius 2 is 2.05 bits per heavy atom. The molecule has 0 amide bonds. The Morgan fingerprint density at radius 1 is 1.25 bits per heavy atom. The molecular formula is C12H7ClN2O3S2. The molecule has 0 aliphatic carbocycles. The highest BCUT2D eigenvalue weighted by Crippen LogP contribution is 2.37. The molecule has 3 aromatic rings. The fraction of sp³-hybridized carbons (Fsp3) is 0. The van der Waals surface area contributed by atoms with Crippen LogP contribution in [0.4, 0.5) is 0 Å². The quantitative estimate of drug-likeness (QED) is 0.783. The van der Waals surface area contributed by atoms with E-state index in [-0.39, 0.29) is 25.5 Å². The zero-order chi connectivity index (χ0) is 14.3. The van der Waals surface area contributed by atoms with Crippen LogP contribution in [0.3, 0.4) is 0 Å². The molecule has 102 valence electrons. The number of phenolic OH excluding ortho intramolecular Hbond substituents is 1. The van der Waals surface area contributed by atoms with E-state index in [1.54, 1.807) is 17.5 Å². The summed E-state index contributed by atoms with van der Waals surface area (Å²) in [5.41, 5.74) is 0.148. The van der Waals surface area contributed by atoms with Crippen LogP contribution in [0.15, 0.2) is 45.2 Å². The molecule has 20 heavy (non-hydrogen) atoms. The molecule has 0 saturated heterocycles. The SMILES string of the molecule is O=S(=O)(c1nccs1)c1cc(Cl)c(O)c2ncccc12. The number of aromatic nitrogens is 2. The highest BCUT2D eigenvalue weighted by Gasteiger charge is 2.25. The molecule has 0 unspecified atom stereocenters. The molecule has 5 nitrogen and oxygen atoms in total. The maximum absolute atomic E-state index is 12.6. The first kappa shape index (κ1) is 13.3. The van der Waals surface area contributed by atoms with Crippen molar-refractivity contribution in [2.24, 2.45) is 0 Å². The van der Waals surface area contributed by atoms with Crippen molar-refractivity contribution in [3.63, 3.8) is 0 Å². The zero-order valence-electron chi connectivity index (χ0n) is 9.82. The minimum absolute atomic E-state index is 0.0154. The smallest absolute Gasteiger partial charge is 0.234 e. The maximum Gasteiger partial charge on any atom is 0.234 e. The number of sulfone groups is 1. The Kier molecular flexibility index (Phi) is 3.12. The van der Waals surface area contributed by atoms with Crippen LogP contribution in [0, 0.1) is 0 Å². The fourth-order valence-corrected chi connectivity index (χ4v) is 4.51. The van der Waals surface area contributed by atoms with Crippen LogP contribution < -0.4 is 0 Å². The van der Waals surface area contributed by atoms with Crippen molar-refractivity contribution in [2.45, 2.75) is 9.24 Å². The first-order valence-electron chi connectivity index (χ1n) is 5.42. The topological polar surface area (TPSA) is 80.2 Å². The molecule has 1 aromatic carbocycles. The molecule has 0 spiro atoms. The van der Waals surface area contributed by atoms with Gasteiger partial charge in [-0.2, -0.15) is 0 Å². The molecule has 3 rings (SSSR count). The number of benzene rings is 1. The van der Waals surface area contributed by atoms with Crippen LogP contribution in [-0.4, -0.2) is 23.5 Å². The molecule has 0 atom stereocenters. The van der Waals surface area contributed by atoms with Gasteiger partial charge in [-0.25, -0.2) is 13.4 Å². The van der Waals surface area contributed by atoms with Gasteiger partial charge in [0, 0.05) is 23.2 Å². The molecule has 0 aliphatic heterocycles. The van der Waals surface area contributed by atoms with Crippen LogP contribution in [0.5, 0.6) is 5.75 Å². The highest BCUT2D eigenvalue weighted by atomic mass is 35.5. The normalized spacial score (nSPS) is 11.8. The maximum atomic E-state index is 12.6. The third-order valence-corrected chi connectivity index (χ3v) is 5.99. The molecule has 0 bridgehead atoms. The predicted octanol–water partition coefficient (Wildman–Crippen LogP) is 2.88. The van der Waals surface area contributed by atoms with Crippen molar-refractivity contribution in [3.8, 4) is 5.75 Å². The van der Waals surface area contributed by atoms with Crippen molar-refractivity contribution < 1.29 is 13.5 Å². The Labute approximate surface area is 123 Å². The number of phenols is 1. The monoisotopic (exact) mass is 326 g/mol. The Hall–Kier alpha value is -1.70. The Morgan fingerprint density at radius 3 is 2.75 bits per heavy atom. The third-order valence-electron chi connectivity index (χ3n) is 2.71. The van der Waals surface area contributed by atoms with Crippen LogP contribution in [0.2, 0.25) is 5.02 Å². The van der Waals surface area contributed by atoms with Crippen LogP contribution >= 0.6 is 22.9 Å². The summed E-state index contributed by atoms with van der Waals surface area (Å²) in [7, 11) is -3.79. The number of thiazole rings is 1. The summed E-state index contributed by atoms with van der Waals surface area (Å²) < 4.78 is 25.1. The summed E-state index contributed by atoms with van der Waals surface area (Å²) >= 11 is 6.91. The number of halogens is 1. The Bertz CT molecular complexity index is 892. The summed E-state index contributed by atoms with van der Waals surface area (Å²) in [6, 6.07) is 4.38. The van der Waals surface area contributed by atoms with Gasteiger partial charge < -0.3 is 5.11 Å². The van der Waals surface area contributed by atoms with E-state index in [1.807, 2.05) is 0 Å². The van der Waals surface area contributed by atoms with Gasteiger partial charge in [0.15, 0.2) is 5.75 Å². The number of aromatic hydroxyl groups is 1. The standard InChI is InChI=1S/C12H7ClN2O3S2/c13-8-6-9(20(17,18)12-15-4-5-19-12)7-2-1-3-14-10(7)11(8)16/h1-6,16H. The van der Waals surface area contributed by atoms with E-state index in [0.717, 1.165) is 11.3 Å². The molecule has 0 aliphatic rings. The van der Waals surface area contributed by atoms with E-state index in [2.05, 4.69) is 9.97 Å². The lowest BCUT2D eigenvalue weighted by molar-refractivity contribution is 0.480. The number of pyridine rings is 1. The van der Waals surface area contributed by atoms with Gasteiger partial charge >= 0.3 is 0 Å². The van der Waals surface area contributed by atoms with Gasteiger partial charge in [-0.3, -0.25) is 4.98 Å². The largest absolute Gasteiger partial charge is 0.504 e. The number of hydrogen-bond acceptors (Lipinski definition) is 6. The van der Waals surface area contributed by atoms with Crippen LogP contribution in [-0.2, 0) is 9.84 Å². The van der Waals surface area contributed by atoms with Crippen molar-refractivity contribution in [1.82, 2.24) is 9.97 Å². The van der Waals surface area contributed by atoms with Gasteiger partial charge in [0.05, 0.1) is 9.92 Å². The van der Waals surface area contributed by atoms with E-state index in [0.29, 0.717) is 5.39 Å². The van der Waals surface area contributed by atoms with E-state index < -0.39 is 9.84 Å². The molecule has 2 aromatic heterocycles. The average Bonchev–Trinajstić information content (AvgIpc) is 2.97. The van der Waals surface area contributed by atoms with E-state index in [4.69, 9.17) is 11.6 Å². The lowest BCUT2D eigenvalue weighted by Crippen LogP contribution is -2.03. The van der Waals surface area contributed by atoms with Crippen molar-refractivity contribution >= 4 is 43.7 Å². The summed E-state index contributed by atoms with van der Waals surface area (Å²) in [5.74, 6) is -0.236.